The van der Waals surface area contributed by atoms with Crippen molar-refractivity contribution in [1.82, 2.24) is 4.90 Å². The molecule has 0 aromatic carbocycles. The summed E-state index contributed by atoms with van der Waals surface area (Å²) in [6.45, 7) is 9.86. The zero-order valence-corrected chi connectivity index (χ0v) is 9.91. The third-order valence-electron chi connectivity index (χ3n) is 4.31. The van der Waals surface area contributed by atoms with Crippen molar-refractivity contribution in [3.63, 3.8) is 0 Å². The molecule has 2 unspecified atom stereocenters. The number of nitrogens with zero attached hydrogens (tertiary/aromatic N) is 1. The number of aliphatic hydroxyl groups is 1. The molecule has 3 heteroatoms. The van der Waals surface area contributed by atoms with Gasteiger partial charge in [0, 0.05) is 31.7 Å². The molecule has 15 heavy (non-hydrogen) atoms. The molecule has 1 saturated heterocycles. The lowest BCUT2D eigenvalue weighted by molar-refractivity contribution is 0.0310. The predicted octanol–water partition coefficient (Wildman–Crippen LogP) is 0.973. The van der Waals surface area contributed by atoms with E-state index in [2.05, 4.69) is 18.7 Å². The highest BCUT2D eigenvalue weighted by Crippen LogP contribution is 2.57. The van der Waals surface area contributed by atoms with Gasteiger partial charge in [-0.25, -0.2) is 0 Å². The summed E-state index contributed by atoms with van der Waals surface area (Å²) in [6, 6.07) is 0. The van der Waals surface area contributed by atoms with E-state index in [4.69, 9.17) is 4.74 Å². The Labute approximate surface area is 92.4 Å². The zero-order valence-electron chi connectivity index (χ0n) is 9.91. The van der Waals surface area contributed by atoms with E-state index in [0.29, 0.717) is 18.4 Å². The van der Waals surface area contributed by atoms with E-state index < -0.39 is 0 Å². The Morgan fingerprint density at radius 1 is 1.40 bits per heavy atom. The van der Waals surface area contributed by atoms with E-state index in [-0.39, 0.29) is 5.41 Å². The van der Waals surface area contributed by atoms with E-state index in [1.165, 1.54) is 6.42 Å². The van der Waals surface area contributed by atoms with Gasteiger partial charge in [0.1, 0.15) is 0 Å². The van der Waals surface area contributed by atoms with Crippen LogP contribution < -0.4 is 0 Å². The highest BCUT2D eigenvalue weighted by molar-refractivity contribution is 5.04. The van der Waals surface area contributed by atoms with Gasteiger partial charge < -0.3 is 9.84 Å². The largest absolute Gasteiger partial charge is 0.396 e. The second kappa shape index (κ2) is 4.40. The van der Waals surface area contributed by atoms with Crippen molar-refractivity contribution < 1.29 is 9.84 Å². The maximum absolute atomic E-state index is 9.48. The van der Waals surface area contributed by atoms with Crippen LogP contribution in [0.4, 0.5) is 0 Å². The lowest BCUT2D eigenvalue weighted by Gasteiger charge is -2.28. The topological polar surface area (TPSA) is 32.7 Å². The van der Waals surface area contributed by atoms with Gasteiger partial charge in [-0.1, -0.05) is 13.8 Å². The van der Waals surface area contributed by atoms with E-state index >= 15 is 0 Å². The Morgan fingerprint density at radius 3 is 2.53 bits per heavy atom. The third kappa shape index (κ3) is 2.19. The van der Waals surface area contributed by atoms with E-state index in [1.54, 1.807) is 0 Å². The van der Waals surface area contributed by atoms with Crippen LogP contribution in [0, 0.1) is 17.3 Å². The van der Waals surface area contributed by atoms with Gasteiger partial charge in [0.15, 0.2) is 0 Å². The fourth-order valence-corrected chi connectivity index (χ4v) is 2.82. The zero-order chi connectivity index (χ0) is 10.9. The summed E-state index contributed by atoms with van der Waals surface area (Å²) in [4.78, 5) is 2.48. The van der Waals surface area contributed by atoms with Crippen LogP contribution in [-0.4, -0.2) is 49.5 Å². The molecule has 0 spiro atoms. The minimum Gasteiger partial charge on any atom is -0.396 e. The molecule has 1 saturated carbocycles. The van der Waals surface area contributed by atoms with Gasteiger partial charge in [0.05, 0.1) is 13.2 Å². The summed E-state index contributed by atoms with van der Waals surface area (Å²) in [5, 5.41) is 9.48. The summed E-state index contributed by atoms with van der Waals surface area (Å²) in [6.07, 6.45) is 1.21. The van der Waals surface area contributed by atoms with Gasteiger partial charge in [-0.15, -0.1) is 0 Å². The fourth-order valence-electron chi connectivity index (χ4n) is 2.82. The van der Waals surface area contributed by atoms with Crippen LogP contribution in [0.1, 0.15) is 20.3 Å². The Hall–Kier alpha value is -0.120. The number of ether oxygens (including phenoxy) is 1. The van der Waals surface area contributed by atoms with Crippen LogP contribution in [0.3, 0.4) is 0 Å². The van der Waals surface area contributed by atoms with Crippen LogP contribution in [-0.2, 0) is 4.74 Å². The minimum absolute atomic E-state index is 0.234. The first kappa shape index (κ1) is 11.4. The highest BCUT2D eigenvalue weighted by Gasteiger charge is 2.55. The smallest absolute Gasteiger partial charge is 0.0594 e. The molecule has 2 aliphatic rings. The molecule has 2 rings (SSSR count). The normalized spacial score (nSPS) is 37.2. The SMILES string of the molecule is CC(C)C1(CO)CC1CN1CCOCC1. The molecule has 88 valence electrons. The van der Waals surface area contributed by atoms with E-state index in [0.717, 1.165) is 32.8 Å². The molecule has 2 atom stereocenters. The van der Waals surface area contributed by atoms with Crippen molar-refractivity contribution in [2.24, 2.45) is 17.3 Å². The summed E-state index contributed by atoms with van der Waals surface area (Å²) >= 11 is 0. The Balaban J connectivity index is 1.82. The third-order valence-corrected chi connectivity index (χ3v) is 4.31. The monoisotopic (exact) mass is 213 g/mol. The molecule has 0 amide bonds. The van der Waals surface area contributed by atoms with Crippen LogP contribution >= 0.6 is 0 Å². The van der Waals surface area contributed by atoms with Crippen molar-refractivity contribution >= 4 is 0 Å². The van der Waals surface area contributed by atoms with Crippen molar-refractivity contribution in [1.29, 1.82) is 0 Å². The molecular formula is C12H23NO2. The molecule has 1 aliphatic heterocycles. The molecule has 0 radical (unpaired) electrons. The molecule has 0 aromatic heterocycles. The molecule has 3 nitrogen and oxygen atoms in total. The predicted molar refractivity (Wildman–Crippen MR) is 59.7 cm³/mol. The first-order valence-corrected chi connectivity index (χ1v) is 6.10. The van der Waals surface area contributed by atoms with E-state index in [9.17, 15) is 5.11 Å². The van der Waals surface area contributed by atoms with Crippen LogP contribution in [0.2, 0.25) is 0 Å². The Morgan fingerprint density at radius 2 is 2.07 bits per heavy atom. The molecule has 2 fully saturated rings. The van der Waals surface area contributed by atoms with Crippen molar-refractivity contribution in [2.45, 2.75) is 20.3 Å². The minimum atomic E-state index is 0.234. The molecular weight excluding hydrogens is 190 g/mol. The van der Waals surface area contributed by atoms with Gasteiger partial charge in [-0.2, -0.15) is 0 Å². The van der Waals surface area contributed by atoms with Gasteiger partial charge >= 0.3 is 0 Å². The van der Waals surface area contributed by atoms with Gasteiger partial charge in [0.2, 0.25) is 0 Å². The maximum Gasteiger partial charge on any atom is 0.0594 e. The lowest BCUT2D eigenvalue weighted by Crippen LogP contribution is -2.38. The first-order chi connectivity index (χ1) is 7.19. The van der Waals surface area contributed by atoms with Crippen molar-refractivity contribution in [3.8, 4) is 0 Å². The number of morpholine rings is 1. The van der Waals surface area contributed by atoms with Gasteiger partial charge in [-0.05, 0) is 18.3 Å². The van der Waals surface area contributed by atoms with Gasteiger partial charge in [-0.3, -0.25) is 4.90 Å². The standard InChI is InChI=1S/C12H23NO2/c1-10(2)12(9-14)7-11(12)8-13-3-5-15-6-4-13/h10-11,14H,3-9H2,1-2H3. The second-order valence-corrected chi connectivity index (χ2v) is 5.36. The molecule has 1 N–H and O–H groups in total. The molecule has 0 aromatic rings. The number of hydrogen-bond donors (Lipinski definition) is 1. The summed E-state index contributed by atoms with van der Waals surface area (Å²) in [5.41, 5.74) is 0.234. The average molecular weight is 213 g/mol. The lowest BCUT2D eigenvalue weighted by atomic mass is 9.90. The summed E-state index contributed by atoms with van der Waals surface area (Å²) in [7, 11) is 0. The van der Waals surface area contributed by atoms with Crippen molar-refractivity contribution in [2.75, 3.05) is 39.5 Å². The first-order valence-electron chi connectivity index (χ1n) is 6.10. The number of rotatable bonds is 4. The average Bonchev–Trinajstić information content (AvgIpc) is 2.94. The van der Waals surface area contributed by atoms with Crippen LogP contribution in [0.5, 0.6) is 0 Å². The van der Waals surface area contributed by atoms with E-state index in [1.807, 2.05) is 0 Å². The van der Waals surface area contributed by atoms with Crippen molar-refractivity contribution in [3.05, 3.63) is 0 Å². The summed E-state index contributed by atoms with van der Waals surface area (Å²) < 4.78 is 5.34. The molecule has 1 heterocycles. The number of aliphatic hydroxyl groups excluding tert-OH is 1. The fraction of sp³-hybridized carbons (Fsp3) is 1.00. The maximum atomic E-state index is 9.48. The molecule has 0 bridgehead atoms. The Kier molecular flexibility index (Phi) is 3.33. The quantitative estimate of drug-likeness (QED) is 0.755. The Bertz CT molecular complexity index is 214. The molecule has 1 aliphatic carbocycles. The second-order valence-electron chi connectivity index (χ2n) is 5.36. The van der Waals surface area contributed by atoms with Crippen LogP contribution in [0.15, 0.2) is 0 Å². The van der Waals surface area contributed by atoms with Gasteiger partial charge in [0.25, 0.3) is 0 Å². The summed E-state index contributed by atoms with van der Waals surface area (Å²) in [5.74, 6) is 1.31. The highest BCUT2D eigenvalue weighted by atomic mass is 16.5. The number of hydrogen-bond acceptors (Lipinski definition) is 3. The van der Waals surface area contributed by atoms with Crippen LogP contribution in [0.25, 0.3) is 0 Å².